The van der Waals surface area contributed by atoms with E-state index in [0.717, 1.165) is 17.2 Å². The molecule has 1 heterocycles. The van der Waals surface area contributed by atoms with Crippen LogP contribution in [-0.2, 0) is 16.0 Å². The van der Waals surface area contributed by atoms with Gasteiger partial charge in [-0.15, -0.1) is 0 Å². The summed E-state index contributed by atoms with van der Waals surface area (Å²) >= 11 is 4.78. The van der Waals surface area contributed by atoms with Crippen molar-refractivity contribution in [1.29, 1.82) is 0 Å². The Morgan fingerprint density at radius 1 is 1.13 bits per heavy atom. The maximum absolute atomic E-state index is 11.3. The van der Waals surface area contributed by atoms with E-state index in [4.69, 9.17) is 17.3 Å². The first-order valence-corrected chi connectivity index (χ1v) is 11.1. The van der Waals surface area contributed by atoms with Crippen molar-refractivity contribution < 1.29 is 19.8 Å². The Kier molecular flexibility index (Phi) is 12.9. The van der Waals surface area contributed by atoms with E-state index in [1.54, 1.807) is 0 Å². The number of hydrogen-bond donors (Lipinski definition) is 4. The van der Waals surface area contributed by atoms with Gasteiger partial charge in [-0.2, -0.15) is 0 Å². The fourth-order valence-electron chi connectivity index (χ4n) is 3.21. The molecule has 1 fully saturated rings. The molecule has 31 heavy (non-hydrogen) atoms. The summed E-state index contributed by atoms with van der Waals surface area (Å²) in [6.45, 7) is 9.36. The molecular weight excluding hydrogens is 416 g/mol. The first-order chi connectivity index (χ1) is 14.7. The van der Waals surface area contributed by atoms with Crippen LogP contribution in [0, 0.1) is 5.92 Å². The average Bonchev–Trinajstić information content (AvgIpc) is 2.75. The van der Waals surface area contributed by atoms with Crippen LogP contribution < -0.4 is 10.6 Å². The highest BCUT2D eigenvalue weighted by molar-refractivity contribution is 7.79. The second-order valence-corrected chi connectivity index (χ2v) is 8.52. The van der Waals surface area contributed by atoms with Crippen molar-refractivity contribution in [2.45, 2.75) is 33.2 Å². The zero-order valence-electron chi connectivity index (χ0n) is 18.7. The Labute approximate surface area is 190 Å². The number of nitrogens with one attached hydrogen (secondary N) is 2. The van der Waals surface area contributed by atoms with Gasteiger partial charge in [0.05, 0.1) is 18.6 Å². The predicted octanol–water partition coefficient (Wildman–Crippen LogP) is 2.01. The summed E-state index contributed by atoms with van der Waals surface area (Å²) in [6.07, 6.45) is 0.705. The molecule has 1 saturated heterocycles. The molecule has 1 aliphatic rings. The number of benzene rings is 1. The van der Waals surface area contributed by atoms with Gasteiger partial charge in [-0.1, -0.05) is 45.1 Å². The molecule has 1 aromatic rings. The minimum atomic E-state index is -0.885. The standard InChI is InChI=1S/C18H26N4O4S.C4H10/c23-17(24)11-21-6-5-19-10-16(22(8-7-21)12-18(25)26)9-14-1-3-15(4-2-14)20-13-27;1-4(2)3/h1-4,13,16,19H,5-12H2,(H,20,27)(H,23,24)(H,25,26);4H,1-3H3. The van der Waals surface area contributed by atoms with Gasteiger partial charge in [0.25, 0.3) is 0 Å². The highest BCUT2D eigenvalue weighted by Crippen LogP contribution is 2.14. The van der Waals surface area contributed by atoms with Crippen LogP contribution in [0.25, 0.3) is 0 Å². The molecule has 1 aromatic carbocycles. The maximum atomic E-state index is 11.3. The number of carboxylic acid groups (broad SMARTS) is 2. The van der Waals surface area contributed by atoms with Gasteiger partial charge in [-0.3, -0.25) is 19.4 Å². The minimum absolute atomic E-state index is 0.00945. The highest BCUT2D eigenvalue weighted by atomic mass is 32.1. The Hall–Kier alpha value is -2.07. The summed E-state index contributed by atoms with van der Waals surface area (Å²) in [6, 6.07) is 7.90. The second-order valence-electron chi connectivity index (χ2n) is 8.29. The maximum Gasteiger partial charge on any atom is 0.317 e. The van der Waals surface area contributed by atoms with Crippen molar-refractivity contribution in [2.24, 2.45) is 5.92 Å². The lowest BCUT2D eigenvalue weighted by Gasteiger charge is -2.31. The fraction of sp³-hybridized carbons (Fsp3) is 0.591. The van der Waals surface area contributed by atoms with Gasteiger partial charge in [0.1, 0.15) is 0 Å². The van der Waals surface area contributed by atoms with E-state index in [1.165, 1.54) is 5.49 Å². The third-order valence-electron chi connectivity index (χ3n) is 4.55. The predicted molar refractivity (Wildman–Crippen MR) is 128 cm³/mol. The monoisotopic (exact) mass is 452 g/mol. The molecule has 2 rings (SSSR count). The van der Waals surface area contributed by atoms with Crippen molar-refractivity contribution in [3.8, 4) is 0 Å². The van der Waals surface area contributed by atoms with Gasteiger partial charge in [0.2, 0.25) is 0 Å². The van der Waals surface area contributed by atoms with Crippen LogP contribution in [0.3, 0.4) is 0 Å². The summed E-state index contributed by atoms with van der Waals surface area (Å²) in [5.74, 6) is -0.926. The van der Waals surface area contributed by atoms with Crippen LogP contribution in [0.15, 0.2) is 24.3 Å². The zero-order valence-corrected chi connectivity index (χ0v) is 19.5. The molecule has 1 aliphatic heterocycles. The Morgan fingerprint density at radius 3 is 2.29 bits per heavy atom. The SMILES string of the molecule is CC(C)C.O=C(O)CN1CCNCC(Cc2ccc(NC=S)cc2)N(CC(=O)O)CC1. The summed E-state index contributed by atoms with van der Waals surface area (Å²) in [5, 5.41) is 24.6. The second kappa shape index (κ2) is 14.9. The van der Waals surface area contributed by atoms with Gasteiger partial charge in [0, 0.05) is 44.5 Å². The van der Waals surface area contributed by atoms with Crippen molar-refractivity contribution >= 4 is 35.3 Å². The number of hydrogen-bond acceptors (Lipinski definition) is 6. The lowest BCUT2D eigenvalue weighted by molar-refractivity contribution is -0.140. The molecule has 9 heteroatoms. The van der Waals surface area contributed by atoms with Crippen LogP contribution in [0.1, 0.15) is 26.3 Å². The Morgan fingerprint density at radius 2 is 1.74 bits per heavy atom. The number of thiocarbonyl (C=S) groups is 1. The van der Waals surface area contributed by atoms with E-state index in [0.29, 0.717) is 39.1 Å². The number of carboxylic acids is 2. The lowest BCUT2D eigenvalue weighted by atomic mass is 10.0. The van der Waals surface area contributed by atoms with Crippen molar-refractivity contribution in [1.82, 2.24) is 15.1 Å². The molecule has 0 spiro atoms. The normalized spacial score (nSPS) is 18.1. The number of aliphatic carboxylic acids is 2. The van der Waals surface area contributed by atoms with Gasteiger partial charge in [-0.25, -0.2) is 0 Å². The topological polar surface area (TPSA) is 105 Å². The van der Waals surface area contributed by atoms with Crippen LogP contribution in [0.4, 0.5) is 5.69 Å². The van der Waals surface area contributed by atoms with E-state index in [9.17, 15) is 14.7 Å². The molecule has 8 nitrogen and oxygen atoms in total. The molecule has 1 atom stereocenters. The lowest BCUT2D eigenvalue weighted by Crippen LogP contribution is -2.47. The molecule has 0 bridgehead atoms. The van der Waals surface area contributed by atoms with Crippen molar-refractivity contribution in [2.75, 3.05) is 51.1 Å². The average molecular weight is 453 g/mol. The van der Waals surface area contributed by atoms with Crippen LogP contribution in [0.5, 0.6) is 0 Å². The molecule has 174 valence electrons. The van der Waals surface area contributed by atoms with Crippen molar-refractivity contribution in [3.05, 3.63) is 29.8 Å². The number of nitrogens with zero attached hydrogens (tertiary/aromatic N) is 2. The first kappa shape index (κ1) is 27.0. The molecule has 0 radical (unpaired) electrons. The largest absolute Gasteiger partial charge is 0.480 e. The third-order valence-corrected chi connectivity index (χ3v) is 4.67. The van der Waals surface area contributed by atoms with Crippen LogP contribution in [-0.4, -0.2) is 89.3 Å². The number of rotatable bonds is 8. The molecule has 1 unspecified atom stereocenters. The van der Waals surface area contributed by atoms with Gasteiger partial charge >= 0.3 is 11.9 Å². The molecule has 0 aromatic heterocycles. The van der Waals surface area contributed by atoms with E-state index in [-0.39, 0.29) is 19.1 Å². The van der Waals surface area contributed by atoms with Crippen LogP contribution in [0.2, 0.25) is 0 Å². The quantitative estimate of drug-likeness (QED) is 0.441. The van der Waals surface area contributed by atoms with E-state index in [1.807, 2.05) is 34.1 Å². The summed E-state index contributed by atoms with van der Waals surface area (Å²) in [5.41, 5.74) is 3.47. The van der Waals surface area contributed by atoms with Gasteiger partial charge in [0.15, 0.2) is 0 Å². The molecule has 0 amide bonds. The fourth-order valence-corrected chi connectivity index (χ4v) is 3.35. The van der Waals surface area contributed by atoms with Gasteiger partial charge < -0.3 is 20.8 Å². The summed E-state index contributed by atoms with van der Waals surface area (Å²) in [7, 11) is 0. The third kappa shape index (κ3) is 12.4. The molecule has 4 N–H and O–H groups in total. The smallest absolute Gasteiger partial charge is 0.317 e. The molecule has 0 aliphatic carbocycles. The van der Waals surface area contributed by atoms with E-state index in [2.05, 4.69) is 31.4 Å². The highest BCUT2D eigenvalue weighted by Gasteiger charge is 2.24. The Balaban J connectivity index is 0.00000110. The summed E-state index contributed by atoms with van der Waals surface area (Å²) in [4.78, 5) is 26.1. The molecule has 0 saturated carbocycles. The van der Waals surface area contributed by atoms with Crippen LogP contribution >= 0.6 is 12.2 Å². The summed E-state index contributed by atoms with van der Waals surface area (Å²) < 4.78 is 0. The zero-order chi connectivity index (χ0) is 23.2. The number of carbonyl (C=O) groups is 2. The Bertz CT molecular complexity index is 682. The van der Waals surface area contributed by atoms with Crippen molar-refractivity contribution in [3.63, 3.8) is 0 Å². The number of anilines is 1. The van der Waals surface area contributed by atoms with Gasteiger partial charge in [-0.05, 0) is 30.0 Å². The van der Waals surface area contributed by atoms with E-state index >= 15 is 0 Å². The first-order valence-electron chi connectivity index (χ1n) is 10.6. The van der Waals surface area contributed by atoms with E-state index < -0.39 is 11.9 Å². The minimum Gasteiger partial charge on any atom is -0.480 e. The molecular formula is C22H36N4O4S.